The van der Waals surface area contributed by atoms with Crippen LogP contribution in [0.15, 0.2) is 54.9 Å². The highest BCUT2D eigenvalue weighted by molar-refractivity contribution is 5.88. The minimum atomic E-state index is -0.919. The van der Waals surface area contributed by atoms with Crippen molar-refractivity contribution < 1.29 is 9.90 Å². The number of carbonyl (C=O) groups is 1. The van der Waals surface area contributed by atoms with Crippen LogP contribution in [0.5, 0.6) is 0 Å². The van der Waals surface area contributed by atoms with Gasteiger partial charge in [0.2, 0.25) is 5.95 Å². The maximum atomic E-state index is 11.1. The van der Waals surface area contributed by atoms with Gasteiger partial charge < -0.3 is 20.3 Å². The molecule has 0 saturated heterocycles. The van der Waals surface area contributed by atoms with E-state index < -0.39 is 5.97 Å². The summed E-state index contributed by atoms with van der Waals surface area (Å²) in [6, 6.07) is 15.8. The predicted molar refractivity (Wildman–Crippen MR) is 142 cm³/mol. The molecule has 0 amide bonds. The molecule has 5 rings (SSSR count). The topological polar surface area (TPSA) is 105 Å². The number of anilines is 2. The van der Waals surface area contributed by atoms with E-state index >= 15 is 0 Å². The van der Waals surface area contributed by atoms with Gasteiger partial charge in [0.05, 0.1) is 11.9 Å². The van der Waals surface area contributed by atoms with Gasteiger partial charge in [0.1, 0.15) is 0 Å². The fraction of sp³-hybridized carbons (Fsp3) is 0.357. The Bertz CT molecular complexity index is 1340. The fourth-order valence-corrected chi connectivity index (χ4v) is 4.72. The summed E-state index contributed by atoms with van der Waals surface area (Å²) in [7, 11) is 0. The summed E-state index contributed by atoms with van der Waals surface area (Å²) < 4.78 is 2.08. The Morgan fingerprint density at radius 1 is 1.00 bits per heavy atom. The highest BCUT2D eigenvalue weighted by Crippen LogP contribution is 2.27. The van der Waals surface area contributed by atoms with Crippen LogP contribution in [-0.4, -0.2) is 36.6 Å². The molecule has 8 nitrogen and oxygen atoms in total. The Morgan fingerprint density at radius 3 is 2.31 bits per heavy atom. The molecule has 2 aromatic carbocycles. The first-order valence-electron chi connectivity index (χ1n) is 12.7. The first-order valence-corrected chi connectivity index (χ1v) is 12.7. The van der Waals surface area contributed by atoms with E-state index in [-0.39, 0.29) is 11.6 Å². The van der Waals surface area contributed by atoms with E-state index in [0.717, 1.165) is 46.5 Å². The Hall–Kier alpha value is -3.94. The molecule has 0 atom stereocenters. The van der Waals surface area contributed by atoms with Crippen LogP contribution in [0.25, 0.3) is 22.3 Å². The van der Waals surface area contributed by atoms with E-state index in [0.29, 0.717) is 18.5 Å². The van der Waals surface area contributed by atoms with Crippen LogP contribution < -0.4 is 10.6 Å². The van der Waals surface area contributed by atoms with E-state index in [1.54, 1.807) is 12.1 Å². The number of nitrogens with zero attached hydrogens (tertiary/aromatic N) is 4. The molecular weight excluding hydrogens is 452 g/mol. The molecular formula is C28H32N6O2. The van der Waals surface area contributed by atoms with Crippen molar-refractivity contribution in [1.29, 1.82) is 0 Å². The number of imidazole rings is 1. The van der Waals surface area contributed by atoms with Crippen LogP contribution >= 0.6 is 0 Å². The highest BCUT2D eigenvalue weighted by atomic mass is 16.4. The standard InChI is InChI=1S/C28H32N6O2/c1-18(2)34-17-30-24-25(32-28(33-26(24)34)31-23-6-4-3-5-7-23)29-16-19-8-10-20(11-9-19)21-12-14-22(15-13-21)27(35)36/h8-15,17-18,23H,3-7,16H2,1-2H3,(H,35,36)(H2,29,31,32,33). The lowest BCUT2D eigenvalue weighted by atomic mass is 9.96. The van der Waals surface area contributed by atoms with Gasteiger partial charge in [0, 0.05) is 18.6 Å². The molecule has 186 valence electrons. The van der Waals surface area contributed by atoms with E-state index in [9.17, 15) is 4.79 Å². The average Bonchev–Trinajstić information content (AvgIpc) is 3.33. The number of fused-ring (bicyclic) bond motifs is 1. The molecule has 4 aromatic rings. The first kappa shape index (κ1) is 23.8. The fourth-order valence-electron chi connectivity index (χ4n) is 4.72. The normalized spacial score (nSPS) is 14.3. The Morgan fingerprint density at radius 2 is 1.67 bits per heavy atom. The molecule has 3 N–H and O–H groups in total. The summed E-state index contributed by atoms with van der Waals surface area (Å²) in [6.45, 7) is 4.85. The largest absolute Gasteiger partial charge is 0.478 e. The monoisotopic (exact) mass is 484 g/mol. The van der Waals surface area contributed by atoms with Crippen LogP contribution in [0.3, 0.4) is 0 Å². The molecule has 1 saturated carbocycles. The van der Waals surface area contributed by atoms with E-state index in [1.807, 2.05) is 30.6 Å². The van der Waals surface area contributed by atoms with Crippen molar-refractivity contribution in [3.8, 4) is 11.1 Å². The lowest BCUT2D eigenvalue weighted by Gasteiger charge is -2.23. The zero-order valence-electron chi connectivity index (χ0n) is 20.7. The van der Waals surface area contributed by atoms with Gasteiger partial charge in [-0.2, -0.15) is 9.97 Å². The number of nitrogens with one attached hydrogen (secondary N) is 2. The molecule has 1 aliphatic rings. The van der Waals surface area contributed by atoms with Crippen molar-refractivity contribution in [1.82, 2.24) is 19.5 Å². The Kier molecular flexibility index (Phi) is 6.84. The SMILES string of the molecule is CC(C)n1cnc2c(NCc3ccc(-c4ccc(C(=O)O)cc4)cc3)nc(NC3CCCCC3)nc21. The van der Waals surface area contributed by atoms with Crippen molar-refractivity contribution in [2.45, 2.75) is 64.6 Å². The number of benzene rings is 2. The van der Waals surface area contributed by atoms with Crippen molar-refractivity contribution >= 4 is 28.9 Å². The molecule has 0 radical (unpaired) electrons. The van der Waals surface area contributed by atoms with Gasteiger partial charge in [-0.1, -0.05) is 55.7 Å². The molecule has 8 heteroatoms. The van der Waals surface area contributed by atoms with Crippen molar-refractivity contribution in [2.75, 3.05) is 10.6 Å². The van der Waals surface area contributed by atoms with E-state index in [4.69, 9.17) is 15.1 Å². The Balaban J connectivity index is 1.35. The first-order chi connectivity index (χ1) is 17.5. The van der Waals surface area contributed by atoms with Gasteiger partial charge in [-0.15, -0.1) is 0 Å². The highest BCUT2D eigenvalue weighted by Gasteiger charge is 2.18. The molecule has 0 spiro atoms. The van der Waals surface area contributed by atoms with E-state index in [2.05, 4.69) is 46.2 Å². The number of hydrogen-bond acceptors (Lipinski definition) is 6. The van der Waals surface area contributed by atoms with Crippen LogP contribution in [0.1, 0.15) is 67.9 Å². The van der Waals surface area contributed by atoms with Gasteiger partial charge in [-0.05, 0) is 55.5 Å². The quantitative estimate of drug-likeness (QED) is 0.276. The molecule has 0 bridgehead atoms. The third-order valence-electron chi connectivity index (χ3n) is 6.80. The zero-order chi connectivity index (χ0) is 25.1. The minimum absolute atomic E-state index is 0.248. The van der Waals surface area contributed by atoms with Gasteiger partial charge >= 0.3 is 5.97 Å². The maximum Gasteiger partial charge on any atom is 0.335 e. The second-order valence-electron chi connectivity index (χ2n) is 9.73. The van der Waals surface area contributed by atoms with Crippen LogP contribution in [0.2, 0.25) is 0 Å². The van der Waals surface area contributed by atoms with Crippen molar-refractivity contribution in [3.63, 3.8) is 0 Å². The molecule has 2 heterocycles. The molecule has 0 aliphatic heterocycles. The second-order valence-corrected chi connectivity index (χ2v) is 9.73. The molecule has 0 unspecified atom stereocenters. The predicted octanol–water partition coefficient (Wildman–Crippen LogP) is 6.13. The van der Waals surface area contributed by atoms with Crippen LogP contribution in [0.4, 0.5) is 11.8 Å². The third-order valence-corrected chi connectivity index (χ3v) is 6.80. The number of carboxylic acid groups (broad SMARTS) is 1. The number of aromatic carboxylic acids is 1. The molecule has 2 aromatic heterocycles. The molecule has 1 aliphatic carbocycles. The zero-order valence-corrected chi connectivity index (χ0v) is 20.7. The van der Waals surface area contributed by atoms with Crippen LogP contribution in [-0.2, 0) is 6.54 Å². The number of aromatic nitrogens is 4. The van der Waals surface area contributed by atoms with Gasteiger partial charge in [-0.25, -0.2) is 9.78 Å². The third kappa shape index (κ3) is 5.17. The maximum absolute atomic E-state index is 11.1. The van der Waals surface area contributed by atoms with Gasteiger partial charge in [0.15, 0.2) is 17.0 Å². The smallest absolute Gasteiger partial charge is 0.335 e. The Labute approximate surface area is 210 Å². The number of rotatable bonds is 8. The number of hydrogen-bond donors (Lipinski definition) is 3. The summed E-state index contributed by atoms with van der Waals surface area (Å²) in [5, 5.41) is 16.1. The van der Waals surface area contributed by atoms with Crippen molar-refractivity contribution in [3.05, 3.63) is 66.0 Å². The van der Waals surface area contributed by atoms with Crippen LogP contribution in [0, 0.1) is 0 Å². The molecule has 1 fully saturated rings. The summed E-state index contributed by atoms with van der Waals surface area (Å²) >= 11 is 0. The van der Waals surface area contributed by atoms with Gasteiger partial charge in [-0.3, -0.25) is 0 Å². The van der Waals surface area contributed by atoms with Gasteiger partial charge in [0.25, 0.3) is 0 Å². The number of carboxylic acids is 1. The molecule has 36 heavy (non-hydrogen) atoms. The summed E-state index contributed by atoms with van der Waals surface area (Å²) in [5.74, 6) is 0.461. The average molecular weight is 485 g/mol. The lowest BCUT2D eigenvalue weighted by Crippen LogP contribution is -2.24. The summed E-state index contributed by atoms with van der Waals surface area (Å²) in [6.07, 6.45) is 7.93. The second kappa shape index (κ2) is 10.4. The minimum Gasteiger partial charge on any atom is -0.478 e. The lowest BCUT2D eigenvalue weighted by molar-refractivity contribution is 0.0697. The summed E-state index contributed by atoms with van der Waals surface area (Å²) in [4.78, 5) is 25.4. The van der Waals surface area contributed by atoms with Crippen molar-refractivity contribution in [2.24, 2.45) is 0 Å². The summed E-state index contributed by atoms with van der Waals surface area (Å²) in [5.41, 5.74) is 5.02. The van der Waals surface area contributed by atoms with E-state index in [1.165, 1.54) is 19.3 Å².